The van der Waals surface area contributed by atoms with Crippen LogP contribution >= 0.6 is 11.8 Å². The van der Waals surface area contributed by atoms with Crippen molar-refractivity contribution in [2.45, 2.75) is 31.0 Å². The van der Waals surface area contributed by atoms with Gasteiger partial charge in [-0.1, -0.05) is 20.8 Å². The lowest BCUT2D eigenvalue weighted by Crippen LogP contribution is -2.08. The van der Waals surface area contributed by atoms with Crippen LogP contribution in [-0.2, 0) is 0 Å². The summed E-state index contributed by atoms with van der Waals surface area (Å²) in [4.78, 5) is 4.34. The lowest BCUT2D eigenvalue weighted by Gasteiger charge is -2.12. The van der Waals surface area contributed by atoms with Gasteiger partial charge in [0.25, 0.3) is 0 Å². The summed E-state index contributed by atoms with van der Waals surface area (Å²) in [6, 6.07) is 3.63. The maximum absolute atomic E-state index is 8.99. The lowest BCUT2D eigenvalue weighted by molar-refractivity contribution is 0.261. The highest BCUT2D eigenvalue weighted by atomic mass is 32.2. The van der Waals surface area contributed by atoms with Crippen LogP contribution < -0.4 is 10.5 Å². The lowest BCUT2D eigenvalue weighted by atomic mass is 10.2. The molecule has 1 aromatic heterocycles. The molecule has 3 N–H and O–H groups in total. The predicted octanol–water partition coefficient (Wildman–Crippen LogP) is 2.17. The van der Waals surface area contributed by atoms with Gasteiger partial charge in [0, 0.05) is 5.25 Å². The molecule has 0 aliphatic rings. The van der Waals surface area contributed by atoms with E-state index >= 15 is 0 Å². The van der Waals surface area contributed by atoms with Gasteiger partial charge in [-0.15, -0.1) is 11.8 Å². The number of aliphatic hydroxyl groups excluding tert-OH is 1. The first-order valence-electron chi connectivity index (χ1n) is 5.69. The SMILES string of the molecule is CC(C)COc1nc(SC(C)CO)ccc1N. The first-order chi connectivity index (χ1) is 8.02. The Labute approximate surface area is 107 Å². The molecule has 0 aliphatic heterocycles. The minimum Gasteiger partial charge on any atom is -0.476 e. The first-order valence-corrected chi connectivity index (χ1v) is 6.57. The van der Waals surface area contributed by atoms with E-state index in [0.29, 0.717) is 24.1 Å². The van der Waals surface area contributed by atoms with Gasteiger partial charge < -0.3 is 15.6 Å². The van der Waals surface area contributed by atoms with E-state index in [9.17, 15) is 0 Å². The van der Waals surface area contributed by atoms with Crippen LogP contribution in [0, 0.1) is 5.92 Å². The fourth-order valence-electron chi connectivity index (χ4n) is 1.10. The molecule has 0 aromatic carbocycles. The van der Waals surface area contributed by atoms with Crippen molar-refractivity contribution in [2.75, 3.05) is 18.9 Å². The normalized spacial score (nSPS) is 12.8. The van der Waals surface area contributed by atoms with Gasteiger partial charge >= 0.3 is 0 Å². The molecule has 0 aliphatic carbocycles. The van der Waals surface area contributed by atoms with E-state index in [-0.39, 0.29) is 11.9 Å². The predicted molar refractivity (Wildman–Crippen MR) is 71.4 cm³/mol. The fraction of sp³-hybridized carbons (Fsp3) is 0.583. The van der Waals surface area contributed by atoms with Gasteiger partial charge in [-0.2, -0.15) is 0 Å². The van der Waals surface area contributed by atoms with Crippen molar-refractivity contribution in [3.8, 4) is 5.88 Å². The molecule has 0 saturated carbocycles. The van der Waals surface area contributed by atoms with E-state index < -0.39 is 0 Å². The third kappa shape index (κ3) is 4.83. The van der Waals surface area contributed by atoms with E-state index in [1.54, 1.807) is 6.07 Å². The molecule has 1 rings (SSSR count). The van der Waals surface area contributed by atoms with Gasteiger partial charge in [-0.05, 0) is 18.1 Å². The number of hydrogen-bond donors (Lipinski definition) is 2. The number of aliphatic hydroxyl groups is 1. The summed E-state index contributed by atoms with van der Waals surface area (Å²) in [5.74, 6) is 0.915. The summed E-state index contributed by atoms with van der Waals surface area (Å²) in [5.41, 5.74) is 6.34. The second kappa shape index (κ2) is 6.71. The zero-order chi connectivity index (χ0) is 12.8. The van der Waals surface area contributed by atoms with Crippen molar-refractivity contribution in [3.63, 3.8) is 0 Å². The standard InChI is InChI=1S/C12H20N2O2S/c1-8(2)7-16-12-10(13)4-5-11(14-12)17-9(3)6-15/h4-5,8-9,15H,6-7,13H2,1-3H3. The number of hydrogen-bond acceptors (Lipinski definition) is 5. The van der Waals surface area contributed by atoms with E-state index in [4.69, 9.17) is 15.6 Å². The molecule has 1 atom stereocenters. The maximum atomic E-state index is 8.99. The molecule has 0 amide bonds. The Morgan fingerprint density at radius 1 is 1.41 bits per heavy atom. The van der Waals surface area contributed by atoms with Crippen LogP contribution in [0.2, 0.25) is 0 Å². The van der Waals surface area contributed by atoms with E-state index in [1.165, 1.54) is 11.8 Å². The van der Waals surface area contributed by atoms with Crippen LogP contribution in [0.5, 0.6) is 5.88 Å². The summed E-state index contributed by atoms with van der Waals surface area (Å²) >= 11 is 1.50. The number of anilines is 1. The van der Waals surface area contributed by atoms with Gasteiger partial charge in [0.1, 0.15) is 5.03 Å². The summed E-state index contributed by atoms with van der Waals surface area (Å²) < 4.78 is 5.54. The van der Waals surface area contributed by atoms with Crippen molar-refractivity contribution in [1.29, 1.82) is 0 Å². The van der Waals surface area contributed by atoms with Crippen LogP contribution in [0.3, 0.4) is 0 Å². The molecule has 0 fully saturated rings. The molecule has 17 heavy (non-hydrogen) atoms. The number of nitrogens with two attached hydrogens (primary N) is 1. The van der Waals surface area contributed by atoms with Crippen LogP contribution in [0.15, 0.2) is 17.2 Å². The highest BCUT2D eigenvalue weighted by Crippen LogP contribution is 2.27. The second-order valence-electron chi connectivity index (χ2n) is 4.36. The average Bonchev–Trinajstić information content (AvgIpc) is 2.29. The maximum Gasteiger partial charge on any atom is 0.238 e. The first kappa shape index (κ1) is 14.1. The topological polar surface area (TPSA) is 68.4 Å². The highest BCUT2D eigenvalue weighted by Gasteiger charge is 2.08. The van der Waals surface area contributed by atoms with E-state index in [0.717, 1.165) is 5.03 Å². The molecule has 0 bridgehead atoms. The molecule has 0 saturated heterocycles. The second-order valence-corrected chi connectivity index (χ2v) is 5.82. The smallest absolute Gasteiger partial charge is 0.238 e. The molecule has 1 aromatic rings. The molecule has 96 valence electrons. The zero-order valence-corrected chi connectivity index (χ0v) is 11.3. The number of ether oxygens (including phenoxy) is 1. The van der Waals surface area contributed by atoms with E-state index in [1.807, 2.05) is 13.0 Å². The van der Waals surface area contributed by atoms with Crippen molar-refractivity contribution >= 4 is 17.4 Å². The number of nitrogens with zero attached hydrogens (tertiary/aromatic N) is 1. The van der Waals surface area contributed by atoms with Gasteiger partial charge in [-0.25, -0.2) is 4.98 Å². The Balaban J connectivity index is 2.72. The number of aromatic nitrogens is 1. The highest BCUT2D eigenvalue weighted by molar-refractivity contribution is 7.99. The third-order valence-corrected chi connectivity index (χ3v) is 3.02. The fourth-order valence-corrected chi connectivity index (χ4v) is 1.87. The van der Waals surface area contributed by atoms with E-state index in [2.05, 4.69) is 18.8 Å². The van der Waals surface area contributed by atoms with Gasteiger partial charge in [0.15, 0.2) is 0 Å². The number of thioether (sulfide) groups is 1. The van der Waals surface area contributed by atoms with Gasteiger partial charge in [0.2, 0.25) is 5.88 Å². The Morgan fingerprint density at radius 2 is 2.12 bits per heavy atom. The molecular formula is C12H20N2O2S. The van der Waals surface area contributed by atoms with Crippen LogP contribution in [0.25, 0.3) is 0 Å². The van der Waals surface area contributed by atoms with Crippen molar-refractivity contribution < 1.29 is 9.84 Å². The Morgan fingerprint density at radius 3 is 2.71 bits per heavy atom. The zero-order valence-electron chi connectivity index (χ0n) is 10.5. The van der Waals surface area contributed by atoms with Crippen LogP contribution in [0.4, 0.5) is 5.69 Å². The minimum atomic E-state index is 0.115. The van der Waals surface area contributed by atoms with Gasteiger partial charge in [-0.3, -0.25) is 0 Å². The monoisotopic (exact) mass is 256 g/mol. The number of pyridine rings is 1. The average molecular weight is 256 g/mol. The van der Waals surface area contributed by atoms with Gasteiger partial charge in [0.05, 0.1) is 18.9 Å². The summed E-state index contributed by atoms with van der Waals surface area (Å²) in [7, 11) is 0. The van der Waals surface area contributed by atoms with Crippen molar-refractivity contribution in [3.05, 3.63) is 12.1 Å². The van der Waals surface area contributed by atoms with Crippen molar-refractivity contribution in [2.24, 2.45) is 5.92 Å². The van der Waals surface area contributed by atoms with Crippen LogP contribution in [-0.4, -0.2) is 28.6 Å². The molecule has 1 unspecified atom stereocenters. The molecule has 0 radical (unpaired) electrons. The number of rotatable bonds is 6. The van der Waals surface area contributed by atoms with Crippen LogP contribution in [0.1, 0.15) is 20.8 Å². The molecule has 1 heterocycles. The third-order valence-electron chi connectivity index (χ3n) is 2.00. The molecule has 4 nitrogen and oxygen atoms in total. The largest absolute Gasteiger partial charge is 0.476 e. The quantitative estimate of drug-likeness (QED) is 0.763. The number of nitrogen functional groups attached to an aromatic ring is 1. The van der Waals surface area contributed by atoms with Crippen molar-refractivity contribution in [1.82, 2.24) is 4.98 Å². The molecule has 0 spiro atoms. The summed E-state index contributed by atoms with van der Waals surface area (Å²) in [5, 5.41) is 9.93. The summed E-state index contributed by atoms with van der Waals surface area (Å²) in [6.45, 7) is 6.81. The Hall–Kier alpha value is -0.940. The molecular weight excluding hydrogens is 236 g/mol. The Bertz CT molecular complexity index is 358. The minimum absolute atomic E-state index is 0.115. The Kier molecular flexibility index (Phi) is 5.58. The molecule has 5 heteroatoms. The summed E-state index contributed by atoms with van der Waals surface area (Å²) in [6.07, 6.45) is 0.